The fraction of sp³-hybridized carbons (Fsp3) is 0.524. The molecule has 1 saturated heterocycles. The van der Waals surface area contributed by atoms with Crippen LogP contribution >= 0.6 is 28.4 Å². The highest BCUT2D eigenvalue weighted by Crippen LogP contribution is 2.65. The molecule has 0 bridgehead atoms. The third-order valence-electron chi connectivity index (χ3n) is 5.54. The van der Waals surface area contributed by atoms with Gasteiger partial charge in [-0.05, 0) is 57.5 Å². The summed E-state index contributed by atoms with van der Waals surface area (Å²) in [6.45, 7) is 2.67. The van der Waals surface area contributed by atoms with Gasteiger partial charge >= 0.3 is 0 Å². The van der Waals surface area contributed by atoms with Gasteiger partial charge in [0.15, 0.2) is 0 Å². The van der Waals surface area contributed by atoms with Crippen molar-refractivity contribution in [1.29, 1.82) is 0 Å². The molecule has 2 aromatic carbocycles. The largest absolute Gasteiger partial charge is 0.493 e. The fourth-order valence-corrected chi connectivity index (χ4v) is 8.58. The maximum Gasteiger partial charge on any atom is 0.127 e. The van der Waals surface area contributed by atoms with Crippen molar-refractivity contribution in [3.8, 4) is 5.75 Å². The number of hydrogen-bond donors (Lipinski definition) is 0. The molecule has 0 amide bonds. The van der Waals surface area contributed by atoms with Gasteiger partial charge in [0.1, 0.15) is 5.75 Å². The number of halogens is 1. The van der Waals surface area contributed by atoms with Gasteiger partial charge in [0.2, 0.25) is 0 Å². The maximum absolute atomic E-state index is 6.32. The minimum atomic E-state index is -0.808. The molecule has 136 valence electrons. The monoisotopic (exact) mass is 470 g/mol. The van der Waals surface area contributed by atoms with Crippen LogP contribution in [0.15, 0.2) is 41.3 Å². The van der Waals surface area contributed by atoms with E-state index in [0.717, 1.165) is 31.5 Å². The molecule has 2 aliphatic rings. The van der Waals surface area contributed by atoms with E-state index in [-0.39, 0.29) is 0 Å². The van der Waals surface area contributed by atoms with Gasteiger partial charge < -0.3 is 9.47 Å². The van der Waals surface area contributed by atoms with Crippen molar-refractivity contribution >= 4 is 39.2 Å². The summed E-state index contributed by atoms with van der Waals surface area (Å²) < 4.78 is 11.9. The van der Waals surface area contributed by atoms with Crippen LogP contribution in [0, 0.1) is 5.92 Å². The van der Waals surface area contributed by atoms with Crippen LogP contribution in [0.4, 0.5) is 0 Å². The molecule has 0 aromatic heterocycles. The fourth-order valence-electron chi connectivity index (χ4n) is 4.06. The van der Waals surface area contributed by atoms with Crippen molar-refractivity contribution in [3.05, 3.63) is 36.4 Å². The first-order valence-electron chi connectivity index (χ1n) is 9.47. The number of rotatable bonds is 4. The van der Waals surface area contributed by atoms with Crippen molar-refractivity contribution < 1.29 is 9.47 Å². The second-order valence-corrected chi connectivity index (χ2v) is 15.1. The molecular weight excluding hydrogens is 443 g/mol. The third kappa shape index (κ3) is 3.96. The first kappa shape index (κ1) is 17.9. The minimum absolute atomic E-state index is 0.740. The summed E-state index contributed by atoms with van der Waals surface area (Å²) in [6.07, 6.45) is 6.80. The molecule has 0 N–H and O–H groups in total. The maximum atomic E-state index is 6.32. The topological polar surface area (TPSA) is 18.5 Å². The lowest BCUT2D eigenvalue weighted by atomic mass is 9.90. The van der Waals surface area contributed by atoms with Gasteiger partial charge in [-0.25, -0.2) is 0 Å². The Balaban J connectivity index is 1.62. The molecule has 25 heavy (non-hydrogen) atoms. The highest BCUT2D eigenvalue weighted by atomic mass is 127. The van der Waals surface area contributed by atoms with Crippen LogP contribution in [-0.2, 0) is 4.74 Å². The van der Waals surface area contributed by atoms with Crippen LogP contribution in [0.25, 0.3) is 10.8 Å². The lowest BCUT2D eigenvalue weighted by Crippen LogP contribution is -2.20. The van der Waals surface area contributed by atoms with Crippen molar-refractivity contribution in [2.45, 2.75) is 37.0 Å². The van der Waals surface area contributed by atoms with Crippen molar-refractivity contribution in [2.24, 2.45) is 5.92 Å². The SMILES string of the molecule is IS1(c2ccc(OCC3CCCCC3)c3ccccc23)CCOCC1. The molecule has 2 fully saturated rings. The summed E-state index contributed by atoms with van der Waals surface area (Å²) in [5.41, 5.74) is 0. The van der Waals surface area contributed by atoms with Gasteiger partial charge in [-0.3, -0.25) is 0 Å². The average molecular weight is 470 g/mol. The van der Waals surface area contributed by atoms with Gasteiger partial charge in [0.05, 0.1) is 19.8 Å². The molecule has 4 heteroatoms. The molecule has 1 saturated carbocycles. The summed E-state index contributed by atoms with van der Waals surface area (Å²) >= 11 is 2.73. The standard InChI is InChI=1S/C21H27IO2S/c22-25(14-12-23-13-15-25)21-11-10-20(18-8-4-5-9-19(18)21)24-16-17-6-2-1-3-7-17/h4-5,8-11,17H,1-3,6-7,12-16H2. The quantitative estimate of drug-likeness (QED) is 0.486. The number of hydrogen-bond acceptors (Lipinski definition) is 2. The zero-order valence-corrected chi connectivity index (χ0v) is 17.7. The van der Waals surface area contributed by atoms with Gasteiger partial charge in [-0.15, -0.1) is 0 Å². The smallest absolute Gasteiger partial charge is 0.127 e. The van der Waals surface area contributed by atoms with Crippen LogP contribution in [0.1, 0.15) is 32.1 Å². The van der Waals surface area contributed by atoms with Crippen LogP contribution in [0.3, 0.4) is 0 Å². The van der Waals surface area contributed by atoms with E-state index in [1.807, 2.05) is 0 Å². The van der Waals surface area contributed by atoms with Crippen molar-refractivity contribution in [2.75, 3.05) is 31.3 Å². The Bertz CT molecular complexity index is 721. The minimum Gasteiger partial charge on any atom is -0.493 e. The highest BCUT2D eigenvalue weighted by Gasteiger charge is 2.28. The van der Waals surface area contributed by atoms with E-state index >= 15 is 0 Å². The lowest BCUT2D eigenvalue weighted by Gasteiger charge is -2.38. The van der Waals surface area contributed by atoms with Crippen LogP contribution in [-0.4, -0.2) is 31.3 Å². The third-order valence-corrected chi connectivity index (χ3v) is 12.4. The van der Waals surface area contributed by atoms with Crippen LogP contribution in [0.5, 0.6) is 5.75 Å². The molecule has 1 aliphatic heterocycles. The second kappa shape index (κ2) is 8.05. The van der Waals surface area contributed by atoms with Crippen molar-refractivity contribution in [3.63, 3.8) is 0 Å². The van der Waals surface area contributed by atoms with E-state index in [2.05, 4.69) is 57.6 Å². The Labute approximate surface area is 164 Å². The first-order chi connectivity index (χ1) is 12.3. The average Bonchev–Trinajstić information content (AvgIpc) is 2.67. The Hall–Kier alpha value is -0.460. The van der Waals surface area contributed by atoms with Gasteiger partial charge in [-0.2, -0.15) is 7.20 Å². The van der Waals surface area contributed by atoms with Gasteiger partial charge in [0, 0.05) is 21.8 Å². The summed E-state index contributed by atoms with van der Waals surface area (Å²) in [7, 11) is -0.808. The molecule has 4 rings (SSSR count). The van der Waals surface area contributed by atoms with E-state index in [9.17, 15) is 0 Å². The molecule has 0 radical (unpaired) electrons. The molecule has 2 nitrogen and oxygen atoms in total. The Morgan fingerprint density at radius 2 is 1.68 bits per heavy atom. The predicted molar refractivity (Wildman–Crippen MR) is 116 cm³/mol. The molecule has 2 aromatic rings. The summed E-state index contributed by atoms with van der Waals surface area (Å²) in [5, 5.41) is 2.67. The summed E-state index contributed by atoms with van der Waals surface area (Å²) in [6, 6.07) is 13.4. The van der Waals surface area contributed by atoms with Gasteiger partial charge in [0.25, 0.3) is 0 Å². The molecule has 1 heterocycles. The molecule has 0 unspecified atom stereocenters. The normalized spacial score (nSPS) is 22.6. The van der Waals surface area contributed by atoms with E-state index in [0.29, 0.717) is 0 Å². The van der Waals surface area contributed by atoms with Gasteiger partial charge in [-0.1, -0.05) is 43.5 Å². The summed E-state index contributed by atoms with van der Waals surface area (Å²) in [4.78, 5) is 1.53. The zero-order valence-electron chi connectivity index (χ0n) is 14.7. The Morgan fingerprint density at radius 3 is 2.44 bits per heavy atom. The zero-order chi connectivity index (χ0) is 17.1. The van der Waals surface area contributed by atoms with E-state index in [1.54, 1.807) is 0 Å². The molecular formula is C21H27IO2S. The number of fused-ring (bicyclic) bond motifs is 1. The van der Waals surface area contributed by atoms with E-state index in [1.165, 1.54) is 59.3 Å². The molecule has 1 aliphatic carbocycles. The van der Waals surface area contributed by atoms with E-state index in [4.69, 9.17) is 9.47 Å². The molecule has 0 spiro atoms. The van der Waals surface area contributed by atoms with Crippen LogP contribution < -0.4 is 4.74 Å². The van der Waals surface area contributed by atoms with Crippen LogP contribution in [0.2, 0.25) is 0 Å². The van der Waals surface area contributed by atoms with Crippen molar-refractivity contribution in [1.82, 2.24) is 0 Å². The second-order valence-electron chi connectivity index (χ2n) is 7.23. The number of benzene rings is 2. The predicted octanol–water partition coefficient (Wildman–Crippen LogP) is 6.34. The molecule has 0 atom stereocenters. The Morgan fingerprint density at radius 1 is 0.960 bits per heavy atom. The number of ether oxygens (including phenoxy) is 2. The first-order valence-corrected chi connectivity index (χ1v) is 14.0. The Kier molecular flexibility index (Phi) is 5.77. The lowest BCUT2D eigenvalue weighted by molar-refractivity contribution is 0.160. The summed E-state index contributed by atoms with van der Waals surface area (Å²) in [5.74, 6) is 4.14. The highest BCUT2D eigenvalue weighted by molar-refractivity contribution is 14.2. The van der Waals surface area contributed by atoms with E-state index < -0.39 is 7.20 Å².